The maximum absolute atomic E-state index is 6.29. The summed E-state index contributed by atoms with van der Waals surface area (Å²) < 4.78 is 11.6. The molecule has 0 saturated heterocycles. The highest BCUT2D eigenvalue weighted by molar-refractivity contribution is 9.10. The Morgan fingerprint density at radius 3 is 2.48 bits per heavy atom. The van der Waals surface area contributed by atoms with Gasteiger partial charge in [0.25, 0.3) is 0 Å². The molecule has 2 rings (SSSR count). The van der Waals surface area contributed by atoms with Crippen LogP contribution in [0.3, 0.4) is 0 Å². The molecule has 0 fully saturated rings. The fourth-order valence-corrected chi connectivity index (χ4v) is 2.92. The van der Waals surface area contributed by atoms with Crippen LogP contribution in [0, 0.1) is 0 Å². The normalized spacial score (nSPS) is 11.9. The van der Waals surface area contributed by atoms with Crippen molar-refractivity contribution in [2.75, 3.05) is 19.5 Å². The van der Waals surface area contributed by atoms with Gasteiger partial charge < -0.3 is 14.8 Å². The first-order valence-electron chi connectivity index (χ1n) is 6.48. The van der Waals surface area contributed by atoms with Crippen LogP contribution >= 0.6 is 27.5 Å². The predicted molar refractivity (Wildman–Crippen MR) is 90.7 cm³/mol. The van der Waals surface area contributed by atoms with Gasteiger partial charge in [0.1, 0.15) is 11.5 Å². The van der Waals surface area contributed by atoms with Crippen LogP contribution in [-0.2, 0) is 0 Å². The Hall–Kier alpha value is -1.39. The maximum Gasteiger partial charge on any atom is 0.145 e. The Morgan fingerprint density at radius 1 is 1.10 bits per heavy atom. The van der Waals surface area contributed by atoms with Gasteiger partial charge in [-0.3, -0.25) is 0 Å². The fraction of sp³-hybridized carbons (Fsp3) is 0.250. The van der Waals surface area contributed by atoms with E-state index in [4.69, 9.17) is 21.1 Å². The van der Waals surface area contributed by atoms with Gasteiger partial charge >= 0.3 is 0 Å². The third-order valence-electron chi connectivity index (χ3n) is 3.21. The highest BCUT2D eigenvalue weighted by Gasteiger charge is 2.13. The molecule has 112 valence electrons. The van der Waals surface area contributed by atoms with Crippen LogP contribution in [0.1, 0.15) is 18.5 Å². The van der Waals surface area contributed by atoms with Crippen LogP contribution < -0.4 is 14.8 Å². The molecule has 0 aliphatic carbocycles. The van der Waals surface area contributed by atoms with Gasteiger partial charge in [-0.05, 0) is 36.8 Å². The van der Waals surface area contributed by atoms with Crippen molar-refractivity contribution in [3.8, 4) is 11.5 Å². The number of anilines is 1. The predicted octanol–water partition coefficient (Wildman–Crippen LogP) is 5.29. The topological polar surface area (TPSA) is 30.5 Å². The van der Waals surface area contributed by atoms with Crippen molar-refractivity contribution in [2.24, 2.45) is 0 Å². The molecular weight excluding hydrogens is 354 g/mol. The molecule has 3 nitrogen and oxygen atoms in total. The van der Waals surface area contributed by atoms with E-state index in [1.54, 1.807) is 14.2 Å². The minimum absolute atomic E-state index is 0.0490. The first kappa shape index (κ1) is 16.0. The number of benzene rings is 2. The van der Waals surface area contributed by atoms with Crippen molar-refractivity contribution >= 4 is 33.2 Å². The molecule has 0 amide bonds. The Balaban J connectivity index is 2.24. The van der Waals surface area contributed by atoms with E-state index in [9.17, 15) is 0 Å². The van der Waals surface area contributed by atoms with Crippen molar-refractivity contribution in [1.29, 1.82) is 0 Å². The summed E-state index contributed by atoms with van der Waals surface area (Å²) in [5.41, 5.74) is 1.92. The van der Waals surface area contributed by atoms with Gasteiger partial charge in [-0.1, -0.05) is 33.6 Å². The number of hydrogen-bond acceptors (Lipinski definition) is 3. The molecule has 0 spiro atoms. The summed E-state index contributed by atoms with van der Waals surface area (Å²) in [7, 11) is 3.27. The zero-order valence-corrected chi connectivity index (χ0v) is 14.5. The monoisotopic (exact) mass is 369 g/mol. The summed E-state index contributed by atoms with van der Waals surface area (Å²) in [6, 6.07) is 11.6. The van der Waals surface area contributed by atoms with Crippen LogP contribution in [0.4, 0.5) is 5.69 Å². The average Bonchev–Trinajstić information content (AvgIpc) is 2.47. The standard InChI is InChI=1S/C16H17BrClNO2/c1-10(13-6-4-11(17)8-14(13)18)19-15-7-5-12(20-2)9-16(15)21-3/h4-10,19H,1-3H3. The highest BCUT2D eigenvalue weighted by atomic mass is 79.9. The smallest absolute Gasteiger partial charge is 0.145 e. The summed E-state index contributed by atoms with van der Waals surface area (Å²) in [5, 5.41) is 4.13. The molecule has 0 radical (unpaired) electrons. The van der Waals surface area contributed by atoms with E-state index in [0.29, 0.717) is 0 Å². The molecule has 0 bridgehead atoms. The van der Waals surface area contributed by atoms with Crippen molar-refractivity contribution in [1.82, 2.24) is 0 Å². The summed E-state index contributed by atoms with van der Waals surface area (Å²) in [5.74, 6) is 1.49. The van der Waals surface area contributed by atoms with Gasteiger partial charge in [0.15, 0.2) is 0 Å². The van der Waals surface area contributed by atoms with Crippen molar-refractivity contribution in [2.45, 2.75) is 13.0 Å². The Kier molecular flexibility index (Phi) is 5.37. The highest BCUT2D eigenvalue weighted by Crippen LogP contribution is 2.34. The van der Waals surface area contributed by atoms with Gasteiger partial charge in [0.05, 0.1) is 25.9 Å². The van der Waals surface area contributed by atoms with Crippen LogP contribution in [0.15, 0.2) is 40.9 Å². The average molecular weight is 371 g/mol. The lowest BCUT2D eigenvalue weighted by atomic mass is 10.1. The van der Waals surface area contributed by atoms with Crippen molar-refractivity contribution in [3.63, 3.8) is 0 Å². The quantitative estimate of drug-likeness (QED) is 0.775. The molecule has 1 unspecified atom stereocenters. The SMILES string of the molecule is COc1ccc(NC(C)c2ccc(Br)cc2Cl)c(OC)c1. The van der Waals surface area contributed by atoms with E-state index < -0.39 is 0 Å². The second-order valence-electron chi connectivity index (χ2n) is 4.60. The van der Waals surface area contributed by atoms with E-state index in [1.165, 1.54) is 0 Å². The van der Waals surface area contributed by atoms with E-state index in [0.717, 1.165) is 32.2 Å². The zero-order valence-electron chi connectivity index (χ0n) is 12.1. The Labute approximate surface area is 138 Å². The van der Waals surface area contributed by atoms with Crippen molar-refractivity contribution < 1.29 is 9.47 Å². The number of rotatable bonds is 5. The summed E-state index contributed by atoms with van der Waals surface area (Å²) in [6.45, 7) is 2.05. The number of nitrogens with one attached hydrogen (secondary N) is 1. The summed E-state index contributed by atoms with van der Waals surface area (Å²) >= 11 is 9.70. The lowest BCUT2D eigenvalue weighted by molar-refractivity contribution is 0.395. The second kappa shape index (κ2) is 7.05. The Bertz CT molecular complexity index is 634. The first-order valence-corrected chi connectivity index (χ1v) is 7.65. The van der Waals surface area contributed by atoms with Crippen molar-refractivity contribution in [3.05, 3.63) is 51.5 Å². The number of ether oxygens (including phenoxy) is 2. The largest absolute Gasteiger partial charge is 0.497 e. The lowest BCUT2D eigenvalue weighted by Crippen LogP contribution is -2.08. The fourth-order valence-electron chi connectivity index (χ4n) is 2.08. The molecule has 0 aliphatic rings. The number of methoxy groups -OCH3 is 2. The number of hydrogen-bond donors (Lipinski definition) is 1. The number of halogens is 2. The molecule has 0 aliphatic heterocycles. The molecule has 0 saturated carbocycles. The Morgan fingerprint density at radius 2 is 1.86 bits per heavy atom. The molecule has 0 heterocycles. The zero-order chi connectivity index (χ0) is 15.4. The summed E-state index contributed by atoms with van der Waals surface area (Å²) in [6.07, 6.45) is 0. The van der Waals surface area contributed by atoms with Crippen LogP contribution in [0.25, 0.3) is 0 Å². The molecule has 21 heavy (non-hydrogen) atoms. The van der Waals surface area contributed by atoms with Crippen LogP contribution in [-0.4, -0.2) is 14.2 Å². The lowest BCUT2D eigenvalue weighted by Gasteiger charge is -2.19. The van der Waals surface area contributed by atoms with Crippen LogP contribution in [0.2, 0.25) is 5.02 Å². The van der Waals surface area contributed by atoms with E-state index >= 15 is 0 Å². The van der Waals surface area contributed by atoms with Gasteiger partial charge in [-0.25, -0.2) is 0 Å². The molecule has 0 aromatic heterocycles. The minimum Gasteiger partial charge on any atom is -0.497 e. The minimum atomic E-state index is 0.0490. The van der Waals surface area contributed by atoms with E-state index in [2.05, 4.69) is 28.2 Å². The maximum atomic E-state index is 6.29. The molecule has 2 aromatic carbocycles. The van der Waals surface area contributed by atoms with E-state index in [1.807, 2.05) is 36.4 Å². The van der Waals surface area contributed by atoms with Gasteiger partial charge in [0.2, 0.25) is 0 Å². The first-order chi connectivity index (χ1) is 10.0. The van der Waals surface area contributed by atoms with E-state index in [-0.39, 0.29) is 6.04 Å². The van der Waals surface area contributed by atoms with Crippen LogP contribution in [0.5, 0.6) is 11.5 Å². The van der Waals surface area contributed by atoms with Gasteiger partial charge in [-0.2, -0.15) is 0 Å². The molecule has 2 aromatic rings. The molecular formula is C16H17BrClNO2. The third-order valence-corrected chi connectivity index (χ3v) is 4.03. The molecule has 1 N–H and O–H groups in total. The summed E-state index contributed by atoms with van der Waals surface area (Å²) in [4.78, 5) is 0. The van der Waals surface area contributed by atoms with Gasteiger partial charge in [0, 0.05) is 15.6 Å². The molecule has 1 atom stereocenters. The molecule has 5 heteroatoms. The van der Waals surface area contributed by atoms with Gasteiger partial charge in [-0.15, -0.1) is 0 Å². The second-order valence-corrected chi connectivity index (χ2v) is 5.92. The third kappa shape index (κ3) is 3.83.